The number of benzene rings is 1. The summed E-state index contributed by atoms with van der Waals surface area (Å²) in [4.78, 5) is 11.7. The minimum atomic E-state index is -0.287. The van der Waals surface area contributed by atoms with Gasteiger partial charge >= 0.3 is 5.97 Å². The van der Waals surface area contributed by atoms with E-state index in [1.165, 1.54) is 0 Å². The Balaban J connectivity index is 2.44. The molecule has 0 aliphatic rings. The van der Waals surface area contributed by atoms with E-state index in [9.17, 15) is 4.79 Å². The van der Waals surface area contributed by atoms with Crippen LogP contribution in [0.25, 0.3) is 0 Å². The largest absolute Gasteiger partial charge is 0.466 e. The highest BCUT2D eigenvalue weighted by Gasteiger charge is 2.10. The molecule has 0 saturated carbocycles. The summed E-state index contributed by atoms with van der Waals surface area (Å²) in [7, 11) is 0. The van der Waals surface area contributed by atoms with Gasteiger partial charge in [-0.1, -0.05) is 42.5 Å². The molecule has 0 amide bonds. The molecule has 92 valence electrons. The van der Waals surface area contributed by atoms with E-state index < -0.39 is 0 Å². The van der Waals surface area contributed by atoms with Crippen LogP contribution in [0.2, 0.25) is 0 Å². The minimum Gasteiger partial charge on any atom is -0.466 e. The molecule has 0 aliphatic carbocycles. The lowest BCUT2D eigenvalue weighted by atomic mass is 10.1. The molecule has 0 radical (unpaired) electrons. The van der Waals surface area contributed by atoms with Gasteiger partial charge in [-0.25, -0.2) is 0 Å². The van der Waals surface area contributed by atoms with E-state index in [-0.39, 0.29) is 18.4 Å². The Labute approximate surface area is 107 Å². The van der Waals surface area contributed by atoms with Crippen LogP contribution < -0.4 is 5.32 Å². The fourth-order valence-electron chi connectivity index (χ4n) is 1.46. The summed E-state index contributed by atoms with van der Waals surface area (Å²) >= 11 is 5.11. The lowest BCUT2D eigenvalue weighted by molar-refractivity contribution is -0.141. The van der Waals surface area contributed by atoms with E-state index in [0.29, 0.717) is 11.6 Å². The van der Waals surface area contributed by atoms with Gasteiger partial charge in [-0.2, -0.15) is 0 Å². The molecule has 0 bridgehead atoms. The number of carbonyl (C=O) groups excluding carboxylic acids is 1. The van der Waals surface area contributed by atoms with Crippen LogP contribution in [-0.4, -0.2) is 17.6 Å². The Kier molecular flexibility index (Phi) is 5.63. The average molecular weight is 251 g/mol. The maximum atomic E-state index is 11.2. The van der Waals surface area contributed by atoms with Gasteiger partial charge in [0.1, 0.15) is 0 Å². The molecule has 1 rings (SSSR count). The number of thiocarbonyl (C=S) groups is 1. The van der Waals surface area contributed by atoms with Gasteiger partial charge in [0.15, 0.2) is 0 Å². The van der Waals surface area contributed by atoms with Crippen LogP contribution in [-0.2, 0) is 9.53 Å². The van der Waals surface area contributed by atoms with Gasteiger partial charge in [-0.3, -0.25) is 4.79 Å². The van der Waals surface area contributed by atoms with Crippen molar-refractivity contribution in [3.63, 3.8) is 0 Å². The first-order valence-corrected chi connectivity index (χ1v) is 6.04. The number of ether oxygens (including phenoxy) is 1. The van der Waals surface area contributed by atoms with E-state index in [1.807, 2.05) is 37.3 Å². The zero-order valence-corrected chi connectivity index (χ0v) is 10.9. The molecule has 1 N–H and O–H groups in total. The number of carbonyl (C=O) groups is 1. The summed E-state index contributed by atoms with van der Waals surface area (Å²) in [5.74, 6) is -0.287. The third-order valence-corrected chi connectivity index (χ3v) is 2.55. The minimum absolute atomic E-state index is 0.0955. The number of rotatable bonds is 5. The van der Waals surface area contributed by atoms with Gasteiger partial charge < -0.3 is 10.1 Å². The lowest BCUT2D eigenvalue weighted by Crippen LogP contribution is -2.27. The Morgan fingerprint density at radius 3 is 2.65 bits per heavy atom. The van der Waals surface area contributed by atoms with Crippen molar-refractivity contribution in [2.75, 3.05) is 6.61 Å². The van der Waals surface area contributed by atoms with Crippen LogP contribution in [0.15, 0.2) is 30.3 Å². The molecule has 0 aromatic heterocycles. The highest BCUT2D eigenvalue weighted by Crippen LogP contribution is 2.11. The van der Waals surface area contributed by atoms with E-state index >= 15 is 0 Å². The Morgan fingerprint density at radius 2 is 2.06 bits per heavy atom. The molecule has 0 saturated heterocycles. The summed E-state index contributed by atoms with van der Waals surface area (Å²) in [6.45, 7) is 4.17. The first-order valence-electron chi connectivity index (χ1n) is 5.63. The third kappa shape index (κ3) is 4.95. The SMILES string of the molecule is CCOC(=O)CC(=S)N[C@@H](C)c1ccccc1. The second-order valence-corrected chi connectivity index (χ2v) is 4.17. The van der Waals surface area contributed by atoms with Crippen molar-refractivity contribution in [1.82, 2.24) is 5.32 Å². The molecule has 0 aliphatic heterocycles. The summed E-state index contributed by atoms with van der Waals surface area (Å²) in [6, 6.07) is 10.0. The predicted molar refractivity (Wildman–Crippen MR) is 71.8 cm³/mol. The van der Waals surface area contributed by atoms with Crippen LogP contribution in [0.5, 0.6) is 0 Å². The quantitative estimate of drug-likeness (QED) is 0.645. The van der Waals surface area contributed by atoms with E-state index in [4.69, 9.17) is 17.0 Å². The number of nitrogens with one attached hydrogen (secondary N) is 1. The molecule has 1 aromatic carbocycles. The zero-order valence-electron chi connectivity index (χ0n) is 10.1. The van der Waals surface area contributed by atoms with E-state index in [2.05, 4.69) is 5.32 Å². The van der Waals surface area contributed by atoms with Crippen molar-refractivity contribution in [3.8, 4) is 0 Å². The van der Waals surface area contributed by atoms with Crippen LogP contribution in [0, 0.1) is 0 Å². The fraction of sp³-hybridized carbons (Fsp3) is 0.385. The number of hydrogen-bond acceptors (Lipinski definition) is 3. The Bertz CT molecular complexity index is 378. The number of hydrogen-bond donors (Lipinski definition) is 1. The molecule has 0 heterocycles. The van der Waals surface area contributed by atoms with Gasteiger partial charge in [0.25, 0.3) is 0 Å². The third-order valence-electron chi connectivity index (χ3n) is 2.29. The van der Waals surface area contributed by atoms with Gasteiger partial charge in [0, 0.05) is 6.04 Å². The topological polar surface area (TPSA) is 38.3 Å². The first-order chi connectivity index (χ1) is 8.13. The summed E-state index contributed by atoms with van der Waals surface area (Å²) in [5.41, 5.74) is 1.14. The standard InChI is InChI=1S/C13H17NO2S/c1-3-16-13(15)9-12(17)14-10(2)11-7-5-4-6-8-11/h4-8,10H,3,9H2,1-2H3,(H,14,17)/t10-/m0/s1. The fourth-order valence-corrected chi connectivity index (χ4v) is 1.76. The van der Waals surface area contributed by atoms with Crippen LogP contribution in [0.3, 0.4) is 0 Å². The molecule has 0 fully saturated rings. The molecule has 0 unspecified atom stereocenters. The predicted octanol–water partition coefficient (Wildman–Crippen LogP) is 2.62. The van der Waals surface area contributed by atoms with Crippen molar-refractivity contribution in [2.45, 2.75) is 26.3 Å². The van der Waals surface area contributed by atoms with Crippen molar-refractivity contribution < 1.29 is 9.53 Å². The lowest BCUT2D eigenvalue weighted by Gasteiger charge is -2.15. The maximum Gasteiger partial charge on any atom is 0.312 e. The highest BCUT2D eigenvalue weighted by atomic mass is 32.1. The van der Waals surface area contributed by atoms with Gasteiger partial charge in [-0.15, -0.1) is 0 Å². The van der Waals surface area contributed by atoms with Crippen LogP contribution >= 0.6 is 12.2 Å². The summed E-state index contributed by atoms with van der Waals surface area (Å²) < 4.78 is 4.83. The second-order valence-electron chi connectivity index (χ2n) is 3.68. The normalized spacial score (nSPS) is 11.6. The molecular weight excluding hydrogens is 234 g/mol. The molecule has 4 heteroatoms. The smallest absolute Gasteiger partial charge is 0.312 e. The number of esters is 1. The van der Waals surface area contributed by atoms with Crippen LogP contribution in [0.1, 0.15) is 31.9 Å². The second kappa shape index (κ2) is 7.01. The van der Waals surface area contributed by atoms with E-state index in [0.717, 1.165) is 5.56 Å². The summed E-state index contributed by atoms with van der Waals surface area (Å²) in [5, 5.41) is 3.12. The first kappa shape index (κ1) is 13.6. The van der Waals surface area contributed by atoms with E-state index in [1.54, 1.807) is 6.92 Å². The molecular formula is C13H17NO2S. The van der Waals surface area contributed by atoms with Crippen LogP contribution in [0.4, 0.5) is 0 Å². The molecule has 0 spiro atoms. The zero-order chi connectivity index (χ0) is 12.7. The molecule has 3 nitrogen and oxygen atoms in total. The maximum absolute atomic E-state index is 11.2. The average Bonchev–Trinajstić information content (AvgIpc) is 2.30. The Hall–Kier alpha value is -1.42. The van der Waals surface area contributed by atoms with Crippen molar-refractivity contribution in [1.29, 1.82) is 0 Å². The monoisotopic (exact) mass is 251 g/mol. The molecule has 17 heavy (non-hydrogen) atoms. The van der Waals surface area contributed by atoms with Crippen molar-refractivity contribution in [3.05, 3.63) is 35.9 Å². The molecule has 1 aromatic rings. The molecule has 1 atom stereocenters. The summed E-state index contributed by atoms with van der Waals surface area (Å²) in [6.07, 6.45) is 0.139. The van der Waals surface area contributed by atoms with Gasteiger partial charge in [0.05, 0.1) is 18.0 Å². The Morgan fingerprint density at radius 1 is 1.41 bits per heavy atom. The highest BCUT2D eigenvalue weighted by molar-refractivity contribution is 7.80. The van der Waals surface area contributed by atoms with Crippen molar-refractivity contribution >= 4 is 23.2 Å². The van der Waals surface area contributed by atoms with Gasteiger partial charge in [0.2, 0.25) is 0 Å². The van der Waals surface area contributed by atoms with Gasteiger partial charge in [-0.05, 0) is 19.4 Å². The van der Waals surface area contributed by atoms with Crippen molar-refractivity contribution in [2.24, 2.45) is 0 Å².